The van der Waals surface area contributed by atoms with Gasteiger partial charge >= 0.3 is 11.9 Å². The highest BCUT2D eigenvalue weighted by Crippen LogP contribution is 2.03. The van der Waals surface area contributed by atoms with E-state index in [9.17, 15) is 9.59 Å². The van der Waals surface area contributed by atoms with Crippen molar-refractivity contribution in [2.45, 2.75) is 37.4 Å². The summed E-state index contributed by atoms with van der Waals surface area (Å²) in [6.07, 6.45) is 1.88. The molecule has 0 saturated carbocycles. The molecule has 0 aliphatic carbocycles. The van der Waals surface area contributed by atoms with Gasteiger partial charge in [-0.2, -0.15) is 0 Å². The lowest BCUT2D eigenvalue weighted by Crippen LogP contribution is -2.62. The molecule has 0 amide bonds. The quantitative estimate of drug-likeness (QED) is 0.109. The maximum absolute atomic E-state index is 10.4. The van der Waals surface area contributed by atoms with Crippen molar-refractivity contribution >= 4 is 11.9 Å². The molecule has 0 spiro atoms. The van der Waals surface area contributed by atoms with Gasteiger partial charge in [0.1, 0.15) is 6.04 Å². The number of nitrogens with one attached hydrogen (secondary N) is 2. The Labute approximate surface area is 123 Å². The van der Waals surface area contributed by atoms with E-state index in [0.29, 0.717) is 32.4 Å². The molecule has 0 aliphatic rings. The number of hydrogen-bond donors (Lipinski definition) is 9. The monoisotopic (exact) mass is 309 g/mol. The molecule has 0 bridgehead atoms. The minimum Gasteiger partial charge on any atom is -0.480 e. The van der Waals surface area contributed by atoms with Crippen LogP contribution in [0.15, 0.2) is 0 Å². The largest absolute Gasteiger partial charge is 0.480 e. The van der Waals surface area contributed by atoms with Gasteiger partial charge in [0.25, 0.3) is 0 Å². The van der Waals surface area contributed by atoms with Crippen molar-refractivity contribution in [2.24, 2.45) is 28.9 Å². The van der Waals surface area contributed by atoms with E-state index in [1.807, 2.05) is 5.43 Å². The Bertz CT molecular complexity index is 305. The minimum absolute atomic E-state index is 0.218. The summed E-state index contributed by atoms with van der Waals surface area (Å²) in [6, 6.07) is -0.663. The van der Waals surface area contributed by atoms with Crippen LogP contribution in [0.3, 0.4) is 0 Å². The van der Waals surface area contributed by atoms with Crippen molar-refractivity contribution in [2.75, 3.05) is 13.1 Å². The van der Waals surface area contributed by atoms with Gasteiger partial charge in [0.15, 0.2) is 5.66 Å². The summed E-state index contributed by atoms with van der Waals surface area (Å²) in [7, 11) is 0. The lowest BCUT2D eigenvalue weighted by atomic mass is 10.1. The van der Waals surface area contributed by atoms with Crippen molar-refractivity contribution in [3.05, 3.63) is 0 Å². The fourth-order valence-corrected chi connectivity index (χ4v) is 1.22. The first-order valence-electron chi connectivity index (χ1n) is 6.38. The van der Waals surface area contributed by atoms with Crippen LogP contribution >= 0.6 is 0 Å². The summed E-state index contributed by atoms with van der Waals surface area (Å²) in [5.74, 6) is 7.79. The Balaban J connectivity index is 0. The van der Waals surface area contributed by atoms with Crippen LogP contribution in [0.1, 0.15) is 25.7 Å². The second-order valence-corrected chi connectivity index (χ2v) is 4.30. The predicted octanol–water partition coefficient (Wildman–Crippen LogP) is -3.43. The zero-order chi connectivity index (χ0) is 16.9. The lowest BCUT2D eigenvalue weighted by Gasteiger charge is -2.22. The molecule has 0 aliphatic heterocycles. The van der Waals surface area contributed by atoms with Gasteiger partial charge in [-0.05, 0) is 38.8 Å². The Morgan fingerprint density at radius 3 is 1.90 bits per heavy atom. The molecule has 21 heavy (non-hydrogen) atoms. The lowest BCUT2D eigenvalue weighted by molar-refractivity contribution is -0.145. The first kappa shape index (κ1) is 21.9. The summed E-state index contributed by atoms with van der Waals surface area (Å²) < 4.78 is 0. The zero-order valence-electron chi connectivity index (χ0n) is 11.9. The average molecular weight is 309 g/mol. The molecule has 0 rings (SSSR count). The van der Waals surface area contributed by atoms with Gasteiger partial charge in [0.2, 0.25) is 0 Å². The van der Waals surface area contributed by atoms with Gasteiger partial charge in [-0.3, -0.25) is 16.5 Å². The average Bonchev–Trinajstić information content (AvgIpc) is 2.45. The van der Waals surface area contributed by atoms with Gasteiger partial charge in [-0.25, -0.2) is 15.6 Å². The Hall–Kier alpha value is -1.34. The maximum atomic E-state index is 10.4. The van der Waals surface area contributed by atoms with Crippen molar-refractivity contribution in [3.63, 3.8) is 0 Å². The fourth-order valence-electron chi connectivity index (χ4n) is 1.22. The summed E-state index contributed by atoms with van der Waals surface area (Å²) in [6.45, 7) is 0.888. The molecule has 11 nitrogen and oxygen atoms in total. The van der Waals surface area contributed by atoms with Gasteiger partial charge in [-0.15, -0.1) is 0 Å². The third-order valence-corrected chi connectivity index (χ3v) is 2.61. The topological polar surface area (TPSA) is 229 Å². The second kappa shape index (κ2) is 12.4. The molecular formula is C10H27N7O4. The summed E-state index contributed by atoms with van der Waals surface area (Å²) in [5.41, 5.74) is 18.4. The number of nitrogens with two attached hydrogens (primary N) is 5. The van der Waals surface area contributed by atoms with Crippen LogP contribution in [0.25, 0.3) is 0 Å². The molecule has 14 N–H and O–H groups in total. The number of carboxylic acid groups (broad SMARTS) is 2. The number of carboxylic acids is 2. The molecule has 11 heteroatoms. The molecule has 0 aromatic carbocycles. The third-order valence-electron chi connectivity index (χ3n) is 2.61. The normalized spacial score (nSPS) is 14.5. The molecule has 0 heterocycles. The summed E-state index contributed by atoms with van der Waals surface area (Å²) >= 11 is 0. The Kier molecular flexibility index (Phi) is 13.0. The molecule has 2 atom stereocenters. The molecule has 126 valence electrons. The maximum Gasteiger partial charge on any atom is 0.339 e. The number of hydrazine groups is 2. The number of hydrogen-bond acceptors (Lipinski definition) is 9. The van der Waals surface area contributed by atoms with Crippen LogP contribution in [0, 0.1) is 0 Å². The van der Waals surface area contributed by atoms with Crippen LogP contribution in [-0.2, 0) is 9.59 Å². The van der Waals surface area contributed by atoms with Crippen molar-refractivity contribution in [1.29, 1.82) is 0 Å². The molecule has 1 unspecified atom stereocenters. The number of rotatable bonds is 10. The molecule has 0 fully saturated rings. The third kappa shape index (κ3) is 10.1. The number of aliphatic carboxylic acids is 2. The highest BCUT2D eigenvalue weighted by Gasteiger charge is 2.31. The Morgan fingerprint density at radius 1 is 1.10 bits per heavy atom. The van der Waals surface area contributed by atoms with E-state index in [2.05, 4.69) is 5.43 Å². The van der Waals surface area contributed by atoms with E-state index in [4.69, 9.17) is 39.1 Å². The van der Waals surface area contributed by atoms with Gasteiger partial charge in [0.05, 0.1) is 0 Å². The van der Waals surface area contributed by atoms with E-state index in [1.54, 1.807) is 0 Å². The molecule has 0 radical (unpaired) electrons. The van der Waals surface area contributed by atoms with E-state index in [1.165, 1.54) is 0 Å². The van der Waals surface area contributed by atoms with Crippen LogP contribution in [0.5, 0.6) is 0 Å². The van der Waals surface area contributed by atoms with E-state index in [0.717, 1.165) is 0 Å². The second-order valence-electron chi connectivity index (χ2n) is 4.30. The van der Waals surface area contributed by atoms with Gasteiger partial charge < -0.3 is 27.4 Å². The fraction of sp³-hybridized carbons (Fsp3) is 0.800. The SMILES string of the molecule is NCCCC(NN)C(=O)O.NCCC[C@@](N)(NN)C(=O)O. The first-order chi connectivity index (χ1) is 9.78. The standard InChI is InChI=1S/C5H14N4O2.C5H13N3O2/c6-3-1-2-5(7,9-8)4(10)11;6-3-1-2-4(8-7)5(9)10/h9H,1-3,6-8H2,(H,10,11);4,8H,1-3,6-7H2,(H,9,10)/t5-;/m1./s1. The van der Waals surface area contributed by atoms with Crippen molar-refractivity contribution in [1.82, 2.24) is 10.9 Å². The molecular weight excluding hydrogens is 282 g/mol. The highest BCUT2D eigenvalue weighted by molar-refractivity contribution is 5.77. The van der Waals surface area contributed by atoms with Crippen molar-refractivity contribution < 1.29 is 19.8 Å². The summed E-state index contributed by atoms with van der Waals surface area (Å²) in [5, 5.41) is 17.0. The van der Waals surface area contributed by atoms with Gasteiger partial charge in [-0.1, -0.05) is 0 Å². The summed E-state index contributed by atoms with van der Waals surface area (Å²) in [4.78, 5) is 20.7. The van der Waals surface area contributed by atoms with Crippen LogP contribution < -0.4 is 39.7 Å². The van der Waals surface area contributed by atoms with Crippen LogP contribution in [0.4, 0.5) is 0 Å². The first-order valence-corrected chi connectivity index (χ1v) is 6.38. The van der Waals surface area contributed by atoms with Gasteiger partial charge in [0, 0.05) is 0 Å². The van der Waals surface area contributed by atoms with E-state index in [-0.39, 0.29) is 6.42 Å². The minimum atomic E-state index is -1.54. The van der Waals surface area contributed by atoms with E-state index < -0.39 is 23.6 Å². The predicted molar refractivity (Wildman–Crippen MR) is 77.2 cm³/mol. The highest BCUT2D eigenvalue weighted by atomic mass is 16.4. The van der Waals surface area contributed by atoms with Crippen molar-refractivity contribution in [3.8, 4) is 0 Å². The Morgan fingerprint density at radius 2 is 1.62 bits per heavy atom. The molecule has 0 aromatic rings. The molecule has 0 saturated heterocycles. The zero-order valence-corrected chi connectivity index (χ0v) is 11.9. The smallest absolute Gasteiger partial charge is 0.339 e. The molecule has 0 aromatic heterocycles. The number of carbonyl (C=O) groups is 2. The van der Waals surface area contributed by atoms with Crippen LogP contribution in [0.2, 0.25) is 0 Å². The van der Waals surface area contributed by atoms with Crippen LogP contribution in [-0.4, -0.2) is 46.9 Å². The van der Waals surface area contributed by atoms with E-state index >= 15 is 0 Å².